The third-order valence-corrected chi connectivity index (χ3v) is 2.67. The summed E-state index contributed by atoms with van der Waals surface area (Å²) in [6.07, 6.45) is 0. The van der Waals surface area contributed by atoms with Gasteiger partial charge in [-0.3, -0.25) is 4.79 Å². The number of carbonyl (C=O) groups is 1. The van der Waals surface area contributed by atoms with Crippen molar-refractivity contribution in [3.05, 3.63) is 28.8 Å². The molecule has 0 spiro atoms. The van der Waals surface area contributed by atoms with Crippen LogP contribution < -0.4 is 11.1 Å². The van der Waals surface area contributed by atoms with Gasteiger partial charge in [-0.1, -0.05) is 17.7 Å². The van der Waals surface area contributed by atoms with E-state index in [4.69, 9.17) is 22.4 Å². The molecule has 1 amide bonds. The van der Waals surface area contributed by atoms with E-state index in [1.54, 1.807) is 12.1 Å². The van der Waals surface area contributed by atoms with Crippen LogP contribution in [0.3, 0.4) is 0 Å². The molecule has 0 aliphatic heterocycles. The molecule has 0 radical (unpaired) electrons. The Labute approximate surface area is 104 Å². The zero-order valence-electron chi connectivity index (χ0n) is 9.40. The summed E-state index contributed by atoms with van der Waals surface area (Å²) in [5.74, 6) is -0.448. The number of rotatable bonds is 4. The molecule has 1 unspecified atom stereocenters. The summed E-state index contributed by atoms with van der Waals surface area (Å²) in [6, 6.07) is 4.73. The van der Waals surface area contributed by atoms with Crippen LogP contribution in [0, 0.1) is 0 Å². The lowest BCUT2D eigenvalue weighted by molar-refractivity contribution is 0.00320. The van der Waals surface area contributed by atoms with Crippen LogP contribution in [0.5, 0.6) is 0 Å². The molecular formula is C11H15ClN2O3. The first-order valence-corrected chi connectivity index (χ1v) is 5.40. The zero-order chi connectivity index (χ0) is 13.1. The van der Waals surface area contributed by atoms with Gasteiger partial charge in [0.05, 0.1) is 22.9 Å². The molecule has 0 saturated carbocycles. The van der Waals surface area contributed by atoms with Gasteiger partial charge in [-0.25, -0.2) is 0 Å². The number of carbonyl (C=O) groups excluding carboxylic acids is 1. The van der Waals surface area contributed by atoms with Gasteiger partial charge in [-0.05, 0) is 19.1 Å². The number of halogens is 1. The highest BCUT2D eigenvalue weighted by Crippen LogP contribution is 2.22. The zero-order valence-corrected chi connectivity index (χ0v) is 10.2. The van der Waals surface area contributed by atoms with Crippen LogP contribution in [0.4, 0.5) is 5.69 Å². The maximum absolute atomic E-state index is 11.7. The number of aliphatic hydroxyl groups is 2. The van der Waals surface area contributed by atoms with Gasteiger partial charge < -0.3 is 21.3 Å². The highest BCUT2D eigenvalue weighted by atomic mass is 35.5. The monoisotopic (exact) mass is 258 g/mol. The number of hydrogen-bond acceptors (Lipinski definition) is 4. The maximum atomic E-state index is 11.7. The molecule has 0 heterocycles. The van der Waals surface area contributed by atoms with Crippen LogP contribution in [0.15, 0.2) is 18.2 Å². The molecule has 17 heavy (non-hydrogen) atoms. The van der Waals surface area contributed by atoms with Gasteiger partial charge in [0.25, 0.3) is 5.91 Å². The smallest absolute Gasteiger partial charge is 0.252 e. The van der Waals surface area contributed by atoms with Gasteiger partial charge in [0, 0.05) is 6.54 Å². The van der Waals surface area contributed by atoms with Crippen molar-refractivity contribution >= 4 is 23.2 Å². The normalized spacial score (nSPS) is 14.1. The maximum Gasteiger partial charge on any atom is 0.252 e. The Kier molecular flexibility index (Phi) is 4.34. The molecule has 5 nitrogen and oxygen atoms in total. The summed E-state index contributed by atoms with van der Waals surface area (Å²) < 4.78 is 0. The first kappa shape index (κ1) is 13.8. The number of benzene rings is 1. The second-order valence-corrected chi connectivity index (χ2v) is 4.42. The van der Waals surface area contributed by atoms with Crippen molar-refractivity contribution in [3.8, 4) is 0 Å². The summed E-state index contributed by atoms with van der Waals surface area (Å²) in [6.45, 7) is 0.889. The Morgan fingerprint density at radius 1 is 1.59 bits per heavy atom. The fraction of sp³-hybridized carbons (Fsp3) is 0.364. The third-order valence-electron chi connectivity index (χ3n) is 2.24. The highest BCUT2D eigenvalue weighted by molar-refractivity contribution is 6.36. The van der Waals surface area contributed by atoms with E-state index in [9.17, 15) is 9.90 Å². The van der Waals surface area contributed by atoms with E-state index in [0.29, 0.717) is 5.69 Å². The summed E-state index contributed by atoms with van der Waals surface area (Å²) in [5, 5.41) is 21.0. The van der Waals surface area contributed by atoms with Crippen molar-refractivity contribution < 1.29 is 15.0 Å². The number of anilines is 1. The topological polar surface area (TPSA) is 95.6 Å². The Balaban J connectivity index is 2.74. The van der Waals surface area contributed by atoms with E-state index in [0.717, 1.165) is 0 Å². The van der Waals surface area contributed by atoms with Gasteiger partial charge in [0.1, 0.15) is 5.60 Å². The first-order chi connectivity index (χ1) is 7.87. The predicted octanol–water partition coefficient (Wildman–Crippen LogP) is 0.395. The summed E-state index contributed by atoms with van der Waals surface area (Å²) in [4.78, 5) is 11.7. The van der Waals surface area contributed by atoms with Crippen LogP contribution in [-0.2, 0) is 0 Å². The SMILES string of the molecule is CC(O)(CO)CNC(=O)c1cccc(N)c1Cl. The van der Waals surface area contributed by atoms with E-state index in [2.05, 4.69) is 5.32 Å². The molecule has 0 bridgehead atoms. The van der Waals surface area contributed by atoms with Crippen molar-refractivity contribution in [1.82, 2.24) is 5.32 Å². The predicted molar refractivity (Wildman–Crippen MR) is 65.9 cm³/mol. The number of hydrogen-bond donors (Lipinski definition) is 4. The summed E-state index contributed by atoms with van der Waals surface area (Å²) in [5.41, 5.74) is 4.76. The number of nitrogen functional groups attached to an aromatic ring is 1. The second-order valence-electron chi connectivity index (χ2n) is 4.05. The van der Waals surface area contributed by atoms with Gasteiger partial charge >= 0.3 is 0 Å². The fourth-order valence-corrected chi connectivity index (χ4v) is 1.36. The molecule has 0 aliphatic rings. The molecule has 0 saturated heterocycles. The lowest BCUT2D eigenvalue weighted by Crippen LogP contribution is -2.43. The van der Waals surface area contributed by atoms with E-state index < -0.39 is 18.1 Å². The first-order valence-electron chi connectivity index (χ1n) is 5.03. The lowest BCUT2D eigenvalue weighted by atomic mass is 10.1. The van der Waals surface area contributed by atoms with E-state index >= 15 is 0 Å². The van der Waals surface area contributed by atoms with E-state index in [-0.39, 0.29) is 17.1 Å². The Hall–Kier alpha value is -1.30. The van der Waals surface area contributed by atoms with Crippen molar-refractivity contribution in [1.29, 1.82) is 0 Å². The van der Waals surface area contributed by atoms with E-state index in [1.165, 1.54) is 13.0 Å². The van der Waals surface area contributed by atoms with Crippen LogP contribution in [0.1, 0.15) is 17.3 Å². The minimum absolute atomic E-state index is 0.0759. The van der Waals surface area contributed by atoms with E-state index in [1.807, 2.05) is 0 Å². The number of aliphatic hydroxyl groups excluding tert-OH is 1. The second kappa shape index (κ2) is 5.35. The average Bonchev–Trinajstić information content (AvgIpc) is 2.30. The van der Waals surface area contributed by atoms with Crippen molar-refractivity contribution in [2.24, 2.45) is 0 Å². The third kappa shape index (κ3) is 3.59. The average molecular weight is 259 g/mol. The molecule has 0 aromatic heterocycles. The van der Waals surface area contributed by atoms with Crippen LogP contribution in [0.2, 0.25) is 5.02 Å². The quantitative estimate of drug-likeness (QED) is 0.588. The highest BCUT2D eigenvalue weighted by Gasteiger charge is 2.21. The summed E-state index contributed by atoms with van der Waals surface area (Å²) >= 11 is 5.87. The molecule has 0 fully saturated rings. The van der Waals surface area contributed by atoms with Crippen LogP contribution in [-0.4, -0.2) is 34.9 Å². The fourth-order valence-electron chi connectivity index (χ4n) is 1.15. The molecule has 94 valence electrons. The van der Waals surface area contributed by atoms with Gasteiger partial charge in [0.15, 0.2) is 0 Å². The molecule has 1 rings (SSSR count). The minimum atomic E-state index is -1.36. The molecule has 1 aromatic rings. The van der Waals surface area contributed by atoms with Crippen molar-refractivity contribution in [2.75, 3.05) is 18.9 Å². The number of amides is 1. The number of nitrogens with one attached hydrogen (secondary N) is 1. The Morgan fingerprint density at radius 3 is 2.82 bits per heavy atom. The molecule has 1 aromatic carbocycles. The standard InChI is InChI=1S/C11H15ClN2O3/c1-11(17,6-15)5-14-10(16)7-3-2-4-8(13)9(7)12/h2-4,15,17H,5-6,13H2,1H3,(H,14,16). The van der Waals surface area contributed by atoms with Crippen LogP contribution in [0.25, 0.3) is 0 Å². The van der Waals surface area contributed by atoms with Gasteiger partial charge in [0.2, 0.25) is 0 Å². The lowest BCUT2D eigenvalue weighted by Gasteiger charge is -2.20. The van der Waals surface area contributed by atoms with Crippen molar-refractivity contribution in [2.45, 2.75) is 12.5 Å². The van der Waals surface area contributed by atoms with Crippen LogP contribution >= 0.6 is 11.6 Å². The molecular weight excluding hydrogens is 244 g/mol. The number of nitrogens with two attached hydrogens (primary N) is 1. The Bertz CT molecular complexity index is 421. The van der Waals surface area contributed by atoms with Crippen molar-refractivity contribution in [3.63, 3.8) is 0 Å². The van der Waals surface area contributed by atoms with Gasteiger partial charge in [-0.15, -0.1) is 0 Å². The van der Waals surface area contributed by atoms with Gasteiger partial charge in [-0.2, -0.15) is 0 Å². The Morgan fingerprint density at radius 2 is 2.24 bits per heavy atom. The largest absolute Gasteiger partial charge is 0.398 e. The molecule has 6 heteroatoms. The minimum Gasteiger partial charge on any atom is -0.398 e. The molecule has 1 atom stereocenters. The summed E-state index contributed by atoms with van der Waals surface area (Å²) in [7, 11) is 0. The molecule has 0 aliphatic carbocycles. The molecule has 5 N–H and O–H groups in total.